The molecular formula is C29H24F3N3O2S. The number of rotatable bonds is 7. The van der Waals surface area contributed by atoms with Crippen LogP contribution in [0.15, 0.2) is 79.0 Å². The second-order valence-electron chi connectivity index (χ2n) is 9.17. The minimum atomic E-state index is -4.37. The Morgan fingerprint density at radius 1 is 1.03 bits per heavy atom. The highest BCUT2D eigenvalue weighted by Crippen LogP contribution is 2.34. The van der Waals surface area contributed by atoms with Gasteiger partial charge in [-0.05, 0) is 62.0 Å². The van der Waals surface area contributed by atoms with Crippen LogP contribution in [-0.4, -0.2) is 32.6 Å². The Balaban J connectivity index is 1.41. The second-order valence-corrected chi connectivity index (χ2v) is 10.3. The first-order valence-corrected chi connectivity index (χ1v) is 12.7. The molecule has 2 aromatic heterocycles. The third-order valence-electron chi connectivity index (χ3n) is 6.37. The first-order valence-electron chi connectivity index (χ1n) is 11.9. The Labute approximate surface area is 221 Å². The summed E-state index contributed by atoms with van der Waals surface area (Å²) in [4.78, 5) is 19.4. The SMILES string of the molecule is Cc1nc(-c2ccc(C(F)(F)F)cc2)sc1CN(C)Cc1cn(-c2ccccc2)c2ccc(C(=O)O)cc12. The van der Waals surface area contributed by atoms with Gasteiger partial charge in [-0.2, -0.15) is 13.2 Å². The van der Waals surface area contributed by atoms with E-state index in [9.17, 15) is 23.1 Å². The Morgan fingerprint density at radius 2 is 1.74 bits per heavy atom. The van der Waals surface area contributed by atoms with Crippen LogP contribution >= 0.6 is 11.3 Å². The number of nitrogens with zero attached hydrogens (tertiary/aromatic N) is 3. The van der Waals surface area contributed by atoms with Gasteiger partial charge in [-0.3, -0.25) is 4.90 Å². The lowest BCUT2D eigenvalue weighted by Gasteiger charge is -2.15. The summed E-state index contributed by atoms with van der Waals surface area (Å²) in [6.07, 6.45) is -2.34. The molecule has 2 heterocycles. The molecular weight excluding hydrogens is 511 g/mol. The molecule has 0 saturated carbocycles. The summed E-state index contributed by atoms with van der Waals surface area (Å²) in [7, 11) is 1.98. The van der Waals surface area contributed by atoms with Gasteiger partial charge in [0.15, 0.2) is 0 Å². The molecule has 0 amide bonds. The van der Waals surface area contributed by atoms with E-state index >= 15 is 0 Å². The molecule has 0 saturated heterocycles. The Hall–Kier alpha value is -3.95. The molecule has 9 heteroatoms. The minimum Gasteiger partial charge on any atom is -0.478 e. The molecule has 194 valence electrons. The van der Waals surface area contributed by atoms with Gasteiger partial charge in [0.05, 0.1) is 22.3 Å². The molecule has 38 heavy (non-hydrogen) atoms. The third-order valence-corrected chi connectivity index (χ3v) is 7.57. The summed E-state index contributed by atoms with van der Waals surface area (Å²) in [6, 6.07) is 20.1. The second kappa shape index (κ2) is 10.1. The molecule has 5 aromatic rings. The summed E-state index contributed by atoms with van der Waals surface area (Å²) < 4.78 is 40.8. The molecule has 0 bridgehead atoms. The normalized spacial score (nSPS) is 11.9. The molecule has 0 aliphatic rings. The Kier molecular flexibility index (Phi) is 6.81. The zero-order chi connectivity index (χ0) is 27.0. The zero-order valence-electron chi connectivity index (χ0n) is 20.7. The number of carboxylic acid groups (broad SMARTS) is 1. The van der Waals surface area contributed by atoms with Gasteiger partial charge >= 0.3 is 12.1 Å². The van der Waals surface area contributed by atoms with Gasteiger partial charge in [0, 0.05) is 40.8 Å². The number of hydrogen-bond donors (Lipinski definition) is 1. The highest BCUT2D eigenvalue weighted by atomic mass is 32.1. The first kappa shape index (κ1) is 25.7. The number of carbonyl (C=O) groups is 1. The number of halogens is 3. The van der Waals surface area contributed by atoms with Crippen molar-refractivity contribution in [3.8, 4) is 16.3 Å². The number of hydrogen-bond acceptors (Lipinski definition) is 4. The van der Waals surface area contributed by atoms with E-state index in [4.69, 9.17) is 0 Å². The average molecular weight is 536 g/mol. The van der Waals surface area contributed by atoms with Crippen molar-refractivity contribution in [2.75, 3.05) is 7.05 Å². The Bertz CT molecular complexity index is 1610. The number of carboxylic acids is 1. The number of para-hydroxylation sites is 1. The van der Waals surface area contributed by atoms with E-state index in [1.54, 1.807) is 12.1 Å². The topological polar surface area (TPSA) is 58.4 Å². The van der Waals surface area contributed by atoms with E-state index in [0.29, 0.717) is 23.7 Å². The Morgan fingerprint density at radius 3 is 2.39 bits per heavy atom. The first-order chi connectivity index (χ1) is 18.1. The van der Waals surface area contributed by atoms with Gasteiger partial charge in [0.25, 0.3) is 0 Å². The lowest BCUT2D eigenvalue weighted by atomic mass is 10.1. The highest BCUT2D eigenvalue weighted by molar-refractivity contribution is 7.15. The van der Waals surface area contributed by atoms with Crippen LogP contribution in [0.3, 0.4) is 0 Å². The van der Waals surface area contributed by atoms with E-state index in [0.717, 1.165) is 44.9 Å². The molecule has 0 spiro atoms. The van der Waals surface area contributed by atoms with Crippen molar-refractivity contribution in [1.29, 1.82) is 0 Å². The van der Waals surface area contributed by atoms with Gasteiger partial charge in [-0.25, -0.2) is 9.78 Å². The molecule has 1 N–H and O–H groups in total. The summed E-state index contributed by atoms with van der Waals surface area (Å²) >= 11 is 1.46. The van der Waals surface area contributed by atoms with E-state index in [1.807, 2.05) is 56.6 Å². The van der Waals surface area contributed by atoms with E-state index in [-0.39, 0.29) is 5.56 Å². The van der Waals surface area contributed by atoms with Gasteiger partial charge < -0.3 is 9.67 Å². The van der Waals surface area contributed by atoms with Gasteiger partial charge in [-0.15, -0.1) is 11.3 Å². The number of aryl methyl sites for hydroxylation is 1. The molecule has 3 aromatic carbocycles. The quantitative estimate of drug-likeness (QED) is 0.236. The number of aromatic carboxylic acids is 1. The van der Waals surface area contributed by atoms with E-state index in [2.05, 4.69) is 14.5 Å². The van der Waals surface area contributed by atoms with Crippen molar-refractivity contribution in [1.82, 2.24) is 14.5 Å². The fourth-order valence-corrected chi connectivity index (χ4v) is 5.60. The van der Waals surface area contributed by atoms with Crippen LogP contribution in [0.25, 0.3) is 27.2 Å². The maximum Gasteiger partial charge on any atom is 0.416 e. The molecule has 0 atom stereocenters. The number of fused-ring (bicyclic) bond motifs is 1. The van der Waals surface area contributed by atoms with Crippen molar-refractivity contribution in [2.24, 2.45) is 0 Å². The molecule has 0 radical (unpaired) electrons. The van der Waals surface area contributed by atoms with Crippen LogP contribution < -0.4 is 0 Å². The molecule has 5 rings (SSSR count). The van der Waals surface area contributed by atoms with Gasteiger partial charge in [0.1, 0.15) is 5.01 Å². The molecule has 5 nitrogen and oxygen atoms in total. The molecule has 0 unspecified atom stereocenters. The van der Waals surface area contributed by atoms with Crippen molar-refractivity contribution >= 4 is 28.2 Å². The summed E-state index contributed by atoms with van der Waals surface area (Å²) in [5, 5.41) is 11.1. The summed E-state index contributed by atoms with van der Waals surface area (Å²) in [6.45, 7) is 3.04. The van der Waals surface area contributed by atoms with Crippen LogP contribution in [0.1, 0.15) is 32.1 Å². The predicted molar refractivity (Wildman–Crippen MR) is 143 cm³/mol. The maximum atomic E-state index is 12.9. The van der Waals surface area contributed by atoms with Crippen LogP contribution in [0, 0.1) is 6.92 Å². The monoisotopic (exact) mass is 535 g/mol. The average Bonchev–Trinajstić information content (AvgIpc) is 3.44. The van der Waals surface area contributed by atoms with E-state index < -0.39 is 17.7 Å². The molecule has 0 aliphatic carbocycles. The third kappa shape index (κ3) is 5.20. The van der Waals surface area contributed by atoms with Crippen LogP contribution in [0.4, 0.5) is 13.2 Å². The molecule has 0 aliphatic heterocycles. The highest BCUT2D eigenvalue weighted by Gasteiger charge is 2.30. The lowest BCUT2D eigenvalue weighted by molar-refractivity contribution is -0.137. The van der Waals surface area contributed by atoms with Crippen molar-refractivity contribution in [2.45, 2.75) is 26.2 Å². The fraction of sp³-hybridized carbons (Fsp3) is 0.172. The number of aromatic nitrogens is 2. The van der Waals surface area contributed by atoms with Gasteiger partial charge in [-0.1, -0.05) is 30.3 Å². The van der Waals surface area contributed by atoms with Crippen molar-refractivity contribution < 1.29 is 23.1 Å². The molecule has 0 fully saturated rings. The standard InChI is InChI=1S/C29H24F3N3O2S/c1-18-26(38-27(33-18)19-8-11-22(12-9-19)29(30,31)32)17-34(2)15-21-16-35(23-6-4-3-5-7-23)25-13-10-20(28(36)37)14-24(21)25/h3-14,16H,15,17H2,1-2H3,(H,36,37). The smallest absolute Gasteiger partial charge is 0.416 e. The van der Waals surface area contributed by atoms with Crippen LogP contribution in [-0.2, 0) is 19.3 Å². The van der Waals surface area contributed by atoms with Crippen LogP contribution in [0.5, 0.6) is 0 Å². The fourth-order valence-electron chi connectivity index (χ4n) is 4.45. The lowest BCUT2D eigenvalue weighted by Crippen LogP contribution is -2.17. The van der Waals surface area contributed by atoms with Crippen LogP contribution in [0.2, 0.25) is 0 Å². The summed E-state index contributed by atoms with van der Waals surface area (Å²) in [5.74, 6) is -0.977. The summed E-state index contributed by atoms with van der Waals surface area (Å²) in [5.41, 5.74) is 3.90. The maximum absolute atomic E-state index is 12.9. The van der Waals surface area contributed by atoms with E-state index in [1.165, 1.54) is 23.5 Å². The number of thiazole rings is 1. The number of alkyl halides is 3. The number of benzene rings is 3. The zero-order valence-corrected chi connectivity index (χ0v) is 21.5. The predicted octanol–water partition coefficient (Wildman–Crippen LogP) is 7.41. The minimum absolute atomic E-state index is 0.228. The largest absolute Gasteiger partial charge is 0.478 e. The van der Waals surface area contributed by atoms with Crippen molar-refractivity contribution in [3.05, 3.63) is 106 Å². The van der Waals surface area contributed by atoms with Gasteiger partial charge in [0.2, 0.25) is 0 Å². The van der Waals surface area contributed by atoms with Crippen molar-refractivity contribution in [3.63, 3.8) is 0 Å².